The van der Waals surface area contributed by atoms with Gasteiger partial charge in [0.15, 0.2) is 12.4 Å². The van der Waals surface area contributed by atoms with Crippen LogP contribution in [-0.4, -0.2) is 36.8 Å². The fourth-order valence-corrected chi connectivity index (χ4v) is 2.04. The first-order chi connectivity index (χ1) is 12.8. The smallest absolute Gasteiger partial charge is 0.343 e. The lowest BCUT2D eigenvalue weighted by atomic mass is 10.1. The number of carbonyl (C=O) groups excluding carboxylic acids is 4. The number of benzene rings is 2. The van der Waals surface area contributed by atoms with E-state index in [4.69, 9.17) is 9.47 Å². The van der Waals surface area contributed by atoms with Gasteiger partial charge in [0.2, 0.25) is 5.91 Å². The van der Waals surface area contributed by atoms with Crippen molar-refractivity contribution in [3.05, 3.63) is 65.2 Å². The Bertz CT molecular complexity index is 840. The maximum atomic E-state index is 12.1. The van der Waals surface area contributed by atoms with Gasteiger partial charge in [0.25, 0.3) is 0 Å². The third kappa shape index (κ3) is 6.39. The first-order valence-electron chi connectivity index (χ1n) is 8.17. The molecule has 1 amide bonds. The summed E-state index contributed by atoms with van der Waals surface area (Å²) in [5.74, 6) is -1.69. The van der Waals surface area contributed by atoms with Crippen LogP contribution in [0.5, 0.6) is 5.75 Å². The van der Waals surface area contributed by atoms with Crippen molar-refractivity contribution in [1.29, 1.82) is 0 Å². The highest BCUT2D eigenvalue weighted by Gasteiger charge is 2.12. The Hall–Kier alpha value is -3.48. The molecule has 0 aliphatic rings. The third-order valence-electron chi connectivity index (χ3n) is 3.52. The van der Waals surface area contributed by atoms with E-state index in [1.54, 1.807) is 12.1 Å². The first kappa shape index (κ1) is 19.8. The summed E-state index contributed by atoms with van der Waals surface area (Å²) in [6.45, 7) is 2.45. The van der Waals surface area contributed by atoms with E-state index in [2.05, 4.69) is 5.32 Å². The molecule has 0 bridgehead atoms. The molecule has 0 heterocycles. The number of Topliss-reactive ketones (excluding diaryl/α,β-unsaturated/α-hetero) is 1. The quantitative estimate of drug-likeness (QED) is 0.456. The Morgan fingerprint density at radius 3 is 2.07 bits per heavy atom. The second-order valence-corrected chi connectivity index (χ2v) is 5.77. The van der Waals surface area contributed by atoms with Crippen molar-refractivity contribution >= 4 is 23.6 Å². The van der Waals surface area contributed by atoms with E-state index in [-0.39, 0.29) is 12.5 Å². The van der Waals surface area contributed by atoms with E-state index in [1.165, 1.54) is 31.2 Å². The normalized spacial score (nSPS) is 10.0. The molecular weight excluding hydrogens is 350 g/mol. The molecule has 7 nitrogen and oxygen atoms in total. The second kappa shape index (κ2) is 9.28. The molecule has 0 fully saturated rings. The molecule has 2 aromatic carbocycles. The van der Waals surface area contributed by atoms with E-state index >= 15 is 0 Å². The van der Waals surface area contributed by atoms with Crippen LogP contribution in [0, 0.1) is 6.92 Å². The number of carbonyl (C=O) groups is 4. The minimum absolute atomic E-state index is 0.291. The molecule has 0 aliphatic carbocycles. The molecule has 7 heteroatoms. The maximum Gasteiger partial charge on any atom is 0.343 e. The average Bonchev–Trinajstić information content (AvgIpc) is 2.65. The lowest BCUT2D eigenvalue weighted by Crippen LogP contribution is -2.29. The van der Waals surface area contributed by atoms with Crippen LogP contribution < -0.4 is 10.1 Å². The predicted octanol–water partition coefficient (Wildman–Crippen LogP) is 2.08. The van der Waals surface area contributed by atoms with E-state index in [0.717, 1.165) is 5.56 Å². The third-order valence-corrected chi connectivity index (χ3v) is 3.52. The number of aryl methyl sites for hydroxylation is 1. The van der Waals surface area contributed by atoms with Crippen molar-refractivity contribution in [1.82, 2.24) is 5.32 Å². The topological polar surface area (TPSA) is 98.8 Å². The zero-order chi connectivity index (χ0) is 19.8. The Morgan fingerprint density at radius 1 is 0.889 bits per heavy atom. The van der Waals surface area contributed by atoms with Gasteiger partial charge in [0.1, 0.15) is 12.3 Å². The van der Waals surface area contributed by atoms with Gasteiger partial charge in [-0.05, 0) is 43.3 Å². The number of hydrogen-bond acceptors (Lipinski definition) is 6. The molecule has 27 heavy (non-hydrogen) atoms. The summed E-state index contributed by atoms with van der Waals surface area (Å²) in [5.41, 5.74) is 1.76. The van der Waals surface area contributed by atoms with Crippen LogP contribution in [0.1, 0.15) is 33.2 Å². The number of hydrogen-bond donors (Lipinski definition) is 1. The molecule has 1 N–H and O–H groups in total. The van der Waals surface area contributed by atoms with Crippen LogP contribution in [-0.2, 0) is 14.3 Å². The standard InChI is InChI=1S/C20H19NO6/c1-13-3-5-16(6-4-13)20(25)27-17-9-7-15(8-10-17)18(23)12-26-19(24)11-21-14(2)22/h3-10H,11-12H2,1-2H3,(H,21,22). The Balaban J connectivity index is 1.87. The Labute approximate surface area is 156 Å². The van der Waals surface area contributed by atoms with Crippen molar-refractivity contribution in [2.75, 3.05) is 13.2 Å². The lowest BCUT2D eigenvalue weighted by molar-refractivity contribution is -0.142. The summed E-state index contributed by atoms with van der Waals surface area (Å²) in [4.78, 5) is 46.1. The van der Waals surface area contributed by atoms with E-state index < -0.39 is 24.3 Å². The number of rotatable bonds is 7. The summed E-state index contributed by atoms with van der Waals surface area (Å²) < 4.78 is 10.0. The molecule has 0 unspecified atom stereocenters. The minimum Gasteiger partial charge on any atom is -0.456 e. The zero-order valence-electron chi connectivity index (χ0n) is 15.0. The van der Waals surface area contributed by atoms with Crippen molar-refractivity contribution < 1.29 is 28.7 Å². The number of nitrogens with one attached hydrogen (secondary N) is 1. The molecule has 0 aliphatic heterocycles. The molecule has 0 radical (unpaired) electrons. The van der Waals surface area contributed by atoms with E-state index in [0.29, 0.717) is 16.9 Å². The van der Waals surface area contributed by atoms with Crippen LogP contribution in [0.25, 0.3) is 0 Å². The molecule has 0 saturated heterocycles. The van der Waals surface area contributed by atoms with E-state index in [1.807, 2.05) is 19.1 Å². The average molecular weight is 369 g/mol. The van der Waals surface area contributed by atoms with Crippen molar-refractivity contribution in [3.8, 4) is 5.75 Å². The highest BCUT2D eigenvalue weighted by molar-refractivity contribution is 5.98. The van der Waals surface area contributed by atoms with Crippen molar-refractivity contribution in [2.24, 2.45) is 0 Å². The summed E-state index contributed by atoms with van der Waals surface area (Å²) in [6.07, 6.45) is 0. The van der Waals surface area contributed by atoms with Crippen LogP contribution in [0.2, 0.25) is 0 Å². The molecule has 140 valence electrons. The molecule has 2 aromatic rings. The molecular formula is C20H19NO6. The zero-order valence-corrected chi connectivity index (χ0v) is 15.0. The largest absolute Gasteiger partial charge is 0.456 e. The van der Waals surface area contributed by atoms with Gasteiger partial charge >= 0.3 is 11.9 Å². The fraction of sp³-hybridized carbons (Fsp3) is 0.200. The number of esters is 2. The van der Waals surface area contributed by atoms with Gasteiger partial charge in [-0.3, -0.25) is 14.4 Å². The van der Waals surface area contributed by atoms with E-state index in [9.17, 15) is 19.2 Å². The van der Waals surface area contributed by atoms with Gasteiger partial charge in [-0.1, -0.05) is 17.7 Å². The Kier molecular flexibility index (Phi) is 6.82. The van der Waals surface area contributed by atoms with Crippen LogP contribution in [0.3, 0.4) is 0 Å². The highest BCUT2D eigenvalue weighted by Crippen LogP contribution is 2.15. The summed E-state index contributed by atoms with van der Waals surface area (Å²) in [5, 5.41) is 2.28. The highest BCUT2D eigenvalue weighted by atomic mass is 16.5. The fourth-order valence-electron chi connectivity index (χ4n) is 2.04. The van der Waals surface area contributed by atoms with Gasteiger partial charge in [0, 0.05) is 12.5 Å². The molecule has 0 spiro atoms. The maximum absolute atomic E-state index is 12.1. The summed E-state index contributed by atoms with van der Waals surface area (Å²) >= 11 is 0. The predicted molar refractivity (Wildman–Crippen MR) is 96.6 cm³/mol. The van der Waals surface area contributed by atoms with Crippen LogP contribution in [0.15, 0.2) is 48.5 Å². The van der Waals surface area contributed by atoms with Gasteiger partial charge < -0.3 is 14.8 Å². The number of ether oxygens (including phenoxy) is 2. The molecule has 0 aromatic heterocycles. The summed E-state index contributed by atoms with van der Waals surface area (Å²) in [7, 11) is 0. The van der Waals surface area contributed by atoms with Gasteiger partial charge in [0.05, 0.1) is 5.56 Å². The summed E-state index contributed by atoms with van der Waals surface area (Å²) in [6, 6.07) is 12.9. The van der Waals surface area contributed by atoms with Gasteiger partial charge in [-0.25, -0.2) is 4.79 Å². The van der Waals surface area contributed by atoms with Gasteiger partial charge in [-0.15, -0.1) is 0 Å². The van der Waals surface area contributed by atoms with Gasteiger partial charge in [-0.2, -0.15) is 0 Å². The van der Waals surface area contributed by atoms with Crippen LogP contribution in [0.4, 0.5) is 0 Å². The number of ketones is 1. The second-order valence-electron chi connectivity index (χ2n) is 5.77. The molecule has 0 saturated carbocycles. The molecule has 0 atom stereocenters. The Morgan fingerprint density at radius 2 is 1.48 bits per heavy atom. The monoisotopic (exact) mass is 369 g/mol. The van der Waals surface area contributed by atoms with Crippen molar-refractivity contribution in [3.63, 3.8) is 0 Å². The number of amides is 1. The van der Waals surface area contributed by atoms with Crippen LogP contribution >= 0.6 is 0 Å². The minimum atomic E-state index is -0.706. The SMILES string of the molecule is CC(=O)NCC(=O)OCC(=O)c1ccc(OC(=O)c2ccc(C)cc2)cc1. The van der Waals surface area contributed by atoms with Crippen molar-refractivity contribution in [2.45, 2.75) is 13.8 Å². The molecule has 2 rings (SSSR count). The lowest BCUT2D eigenvalue weighted by Gasteiger charge is -2.07. The first-order valence-corrected chi connectivity index (χ1v) is 8.17.